The molecule has 1 aromatic rings. The minimum Gasteiger partial charge on any atom is -0.481 e. The van der Waals surface area contributed by atoms with Gasteiger partial charge in [0.25, 0.3) is 5.91 Å². The third kappa shape index (κ3) is 2.85. The Balaban J connectivity index is 1.79. The van der Waals surface area contributed by atoms with Crippen LogP contribution in [-0.4, -0.2) is 70.3 Å². The van der Waals surface area contributed by atoms with Gasteiger partial charge < -0.3 is 24.7 Å². The average Bonchev–Trinajstić information content (AvgIpc) is 3.35. The molecule has 0 aliphatic carbocycles. The fourth-order valence-electron chi connectivity index (χ4n) is 5.32. The molecular formula is C21H23ClN2O6. The maximum absolute atomic E-state index is 13.8. The van der Waals surface area contributed by atoms with E-state index in [1.165, 1.54) is 9.80 Å². The first kappa shape index (κ1) is 20.8. The van der Waals surface area contributed by atoms with Crippen molar-refractivity contribution in [1.82, 2.24) is 4.90 Å². The second-order valence-corrected chi connectivity index (χ2v) is 8.25. The van der Waals surface area contributed by atoms with Crippen molar-refractivity contribution < 1.29 is 29.3 Å². The largest absolute Gasteiger partial charge is 0.481 e. The summed E-state index contributed by atoms with van der Waals surface area (Å²) in [7, 11) is 0. The predicted octanol–water partition coefficient (Wildman–Crippen LogP) is 1.31. The van der Waals surface area contributed by atoms with E-state index >= 15 is 0 Å². The molecule has 3 aliphatic rings. The number of hydrogen-bond acceptors (Lipinski definition) is 5. The van der Waals surface area contributed by atoms with Gasteiger partial charge in [-0.15, -0.1) is 6.58 Å². The standard InChI is InChI=1S/C21H23ClN2O6/c1-2-9-23(13-6-4-3-5-12(13)22)19(27)17-21-8-7-14(30-21)15(20(28)29)16(21)18(26)24(17)10-11-25/h2-6,14-17,25H,1,7-11H2,(H,28,29)/t14-,15+,16+,17-,21+/m0/s1. The summed E-state index contributed by atoms with van der Waals surface area (Å²) in [6, 6.07) is 5.79. The van der Waals surface area contributed by atoms with Gasteiger partial charge in [0.1, 0.15) is 11.6 Å². The van der Waals surface area contributed by atoms with Crippen molar-refractivity contribution in [3.05, 3.63) is 41.9 Å². The number of β-amino-alcohol motifs (C(OH)–C–C–N with tert-alkyl or cyclic N) is 1. The van der Waals surface area contributed by atoms with Gasteiger partial charge in [0.2, 0.25) is 5.91 Å². The molecule has 8 nitrogen and oxygen atoms in total. The molecule has 0 aromatic heterocycles. The Kier molecular flexibility index (Phi) is 5.34. The van der Waals surface area contributed by atoms with E-state index in [0.717, 1.165) is 0 Å². The number of carbonyl (C=O) groups is 3. The number of para-hydroxylation sites is 1. The molecule has 2 N–H and O–H groups in total. The zero-order valence-electron chi connectivity index (χ0n) is 16.2. The molecule has 1 spiro atoms. The second-order valence-electron chi connectivity index (χ2n) is 7.84. The van der Waals surface area contributed by atoms with Gasteiger partial charge in [-0.3, -0.25) is 14.4 Å². The molecule has 9 heteroatoms. The highest BCUT2D eigenvalue weighted by Crippen LogP contribution is 2.58. The number of aliphatic hydroxyl groups is 1. The Morgan fingerprint density at radius 3 is 2.77 bits per heavy atom. The normalized spacial score (nSPS) is 31.7. The van der Waals surface area contributed by atoms with Crippen LogP contribution in [-0.2, 0) is 19.1 Å². The smallest absolute Gasteiger partial charge is 0.310 e. The molecule has 160 valence electrons. The summed E-state index contributed by atoms with van der Waals surface area (Å²) in [6.45, 7) is 3.42. The van der Waals surface area contributed by atoms with Crippen molar-refractivity contribution in [3.8, 4) is 0 Å². The van der Waals surface area contributed by atoms with Gasteiger partial charge in [0.15, 0.2) is 0 Å². The first-order valence-electron chi connectivity index (χ1n) is 9.86. The maximum Gasteiger partial charge on any atom is 0.310 e. The highest BCUT2D eigenvalue weighted by Gasteiger charge is 2.74. The number of anilines is 1. The van der Waals surface area contributed by atoms with Gasteiger partial charge in [0, 0.05) is 13.1 Å². The Morgan fingerprint density at radius 1 is 1.40 bits per heavy atom. The van der Waals surface area contributed by atoms with Crippen molar-refractivity contribution in [1.29, 1.82) is 0 Å². The van der Waals surface area contributed by atoms with Crippen molar-refractivity contribution in [2.24, 2.45) is 11.8 Å². The Morgan fingerprint density at radius 2 is 2.13 bits per heavy atom. The van der Waals surface area contributed by atoms with E-state index in [1.54, 1.807) is 30.3 Å². The van der Waals surface area contributed by atoms with Crippen LogP contribution >= 0.6 is 11.6 Å². The zero-order valence-corrected chi connectivity index (χ0v) is 17.0. The summed E-state index contributed by atoms with van der Waals surface area (Å²) in [5, 5.41) is 19.6. The van der Waals surface area contributed by atoms with Crippen LogP contribution in [0, 0.1) is 11.8 Å². The zero-order chi connectivity index (χ0) is 21.6. The Labute approximate surface area is 178 Å². The van der Waals surface area contributed by atoms with E-state index in [2.05, 4.69) is 6.58 Å². The summed E-state index contributed by atoms with van der Waals surface area (Å²) in [5.41, 5.74) is -0.764. The van der Waals surface area contributed by atoms with Crippen LogP contribution in [0.15, 0.2) is 36.9 Å². The first-order chi connectivity index (χ1) is 14.4. The Bertz CT molecular complexity index is 907. The number of aliphatic hydroxyl groups excluding tert-OH is 1. The van der Waals surface area contributed by atoms with Crippen LogP contribution < -0.4 is 4.90 Å². The van der Waals surface area contributed by atoms with Crippen LogP contribution in [0.1, 0.15) is 12.8 Å². The molecular weight excluding hydrogens is 412 g/mol. The van der Waals surface area contributed by atoms with Crippen LogP contribution in [0.2, 0.25) is 5.02 Å². The lowest BCUT2D eigenvalue weighted by atomic mass is 9.70. The van der Waals surface area contributed by atoms with Crippen molar-refractivity contribution in [2.75, 3.05) is 24.6 Å². The SMILES string of the molecule is C=CCN(C(=O)[C@@H]1N(CCO)C(=O)[C@H]2[C@H](C(=O)O)[C@@H]3CC[C@]12O3)c1ccccc1Cl. The molecule has 0 unspecified atom stereocenters. The maximum atomic E-state index is 13.8. The minimum atomic E-state index is -1.22. The molecule has 3 aliphatic heterocycles. The first-order valence-corrected chi connectivity index (χ1v) is 10.2. The number of fused-ring (bicyclic) bond motifs is 1. The van der Waals surface area contributed by atoms with Crippen molar-refractivity contribution >= 4 is 35.1 Å². The monoisotopic (exact) mass is 434 g/mol. The molecule has 1 aromatic carbocycles. The van der Waals surface area contributed by atoms with E-state index < -0.39 is 47.4 Å². The number of rotatable bonds is 7. The van der Waals surface area contributed by atoms with Gasteiger partial charge in [-0.2, -0.15) is 0 Å². The predicted molar refractivity (Wildman–Crippen MR) is 108 cm³/mol. The number of ether oxygens (including phenoxy) is 1. The summed E-state index contributed by atoms with van der Waals surface area (Å²) in [4.78, 5) is 41.7. The van der Waals surface area contributed by atoms with Crippen LogP contribution in [0.3, 0.4) is 0 Å². The van der Waals surface area contributed by atoms with Crippen molar-refractivity contribution in [2.45, 2.75) is 30.6 Å². The van der Waals surface area contributed by atoms with E-state index in [4.69, 9.17) is 16.3 Å². The quantitative estimate of drug-likeness (QED) is 0.626. The van der Waals surface area contributed by atoms with Crippen LogP contribution in [0.4, 0.5) is 5.69 Å². The van der Waals surface area contributed by atoms with Gasteiger partial charge in [-0.25, -0.2) is 0 Å². The summed E-state index contributed by atoms with van der Waals surface area (Å²) in [6.07, 6.45) is 1.82. The number of halogens is 1. The average molecular weight is 435 g/mol. The van der Waals surface area contributed by atoms with E-state index in [-0.39, 0.29) is 19.7 Å². The lowest BCUT2D eigenvalue weighted by Crippen LogP contribution is -2.56. The van der Waals surface area contributed by atoms with Crippen LogP contribution in [0.25, 0.3) is 0 Å². The topological polar surface area (TPSA) is 107 Å². The van der Waals surface area contributed by atoms with Gasteiger partial charge in [0.05, 0.1) is 35.3 Å². The molecule has 0 radical (unpaired) electrons. The number of carbonyl (C=O) groups excluding carboxylic acids is 2. The highest BCUT2D eigenvalue weighted by molar-refractivity contribution is 6.34. The molecule has 0 saturated carbocycles. The third-order valence-electron chi connectivity index (χ3n) is 6.38. The molecule has 3 fully saturated rings. The summed E-state index contributed by atoms with van der Waals surface area (Å²) >= 11 is 6.33. The molecule has 4 rings (SSSR count). The minimum absolute atomic E-state index is 0.0850. The number of carboxylic acids is 1. The fraction of sp³-hybridized carbons (Fsp3) is 0.476. The van der Waals surface area contributed by atoms with Gasteiger partial charge >= 0.3 is 5.97 Å². The van der Waals surface area contributed by atoms with E-state index in [9.17, 15) is 24.6 Å². The molecule has 5 atom stereocenters. The summed E-state index contributed by atoms with van der Waals surface area (Å²) < 4.78 is 6.10. The number of amides is 2. The lowest BCUT2D eigenvalue weighted by molar-refractivity contribution is -0.149. The van der Waals surface area contributed by atoms with E-state index in [0.29, 0.717) is 23.6 Å². The number of hydrogen-bond donors (Lipinski definition) is 2. The second kappa shape index (κ2) is 7.68. The van der Waals surface area contributed by atoms with Gasteiger partial charge in [-0.1, -0.05) is 29.8 Å². The third-order valence-corrected chi connectivity index (χ3v) is 6.70. The number of likely N-dealkylation sites (tertiary alicyclic amines) is 1. The molecule has 2 amide bonds. The molecule has 30 heavy (non-hydrogen) atoms. The Hall–Kier alpha value is -2.42. The molecule has 3 saturated heterocycles. The number of benzene rings is 1. The number of aliphatic carboxylic acids is 1. The molecule has 2 bridgehead atoms. The molecule has 3 heterocycles. The fourth-order valence-corrected chi connectivity index (χ4v) is 5.55. The van der Waals surface area contributed by atoms with Gasteiger partial charge in [-0.05, 0) is 25.0 Å². The summed E-state index contributed by atoms with van der Waals surface area (Å²) in [5.74, 6) is -3.95. The van der Waals surface area contributed by atoms with Crippen LogP contribution in [0.5, 0.6) is 0 Å². The number of carboxylic acid groups (broad SMARTS) is 1. The highest BCUT2D eigenvalue weighted by atomic mass is 35.5. The van der Waals surface area contributed by atoms with Crippen molar-refractivity contribution in [3.63, 3.8) is 0 Å². The lowest BCUT2D eigenvalue weighted by Gasteiger charge is -2.36. The number of nitrogens with zero attached hydrogens (tertiary/aromatic N) is 2. The van der Waals surface area contributed by atoms with E-state index in [1.807, 2.05) is 0 Å².